The van der Waals surface area contributed by atoms with Gasteiger partial charge in [0.25, 0.3) is 0 Å². The normalized spacial score (nSPS) is 11.4. The number of rotatable bonds is 3. The van der Waals surface area contributed by atoms with Gasteiger partial charge in [0, 0.05) is 5.02 Å². The van der Waals surface area contributed by atoms with E-state index in [-0.39, 0.29) is 0 Å². The van der Waals surface area contributed by atoms with Crippen LogP contribution in [0.15, 0.2) is 47.1 Å². The van der Waals surface area contributed by atoms with Crippen molar-refractivity contribution >= 4 is 28.6 Å². The third-order valence-corrected chi connectivity index (χ3v) is 2.75. The van der Waals surface area contributed by atoms with Crippen LogP contribution in [0.25, 0.3) is 11.2 Å². The molecule has 0 aliphatic carbocycles. The van der Waals surface area contributed by atoms with Gasteiger partial charge in [-0.05, 0) is 17.7 Å². The first kappa shape index (κ1) is 11.7. The van der Waals surface area contributed by atoms with Crippen LogP contribution in [0.1, 0.15) is 5.56 Å². The molecule has 0 aliphatic rings. The van der Waals surface area contributed by atoms with Crippen molar-refractivity contribution in [3.05, 3.63) is 47.5 Å². The molecule has 0 fully saturated rings. The third-order valence-electron chi connectivity index (χ3n) is 2.51. The van der Waals surface area contributed by atoms with Crippen LogP contribution in [-0.2, 0) is 6.54 Å². The molecule has 2 aromatic heterocycles. The van der Waals surface area contributed by atoms with Gasteiger partial charge in [-0.25, -0.2) is 15.0 Å². The summed E-state index contributed by atoms with van der Waals surface area (Å²) < 4.78 is 0. The Balaban J connectivity index is 1.81. The lowest BCUT2D eigenvalue weighted by atomic mass is 10.2. The SMILES string of the molecule is Clc1cccc(CN=Nc2ncnc3nc[nH]c23)c1. The van der Waals surface area contributed by atoms with Gasteiger partial charge >= 0.3 is 0 Å². The molecule has 2 heterocycles. The Bertz CT molecular complexity index is 736. The maximum Gasteiger partial charge on any atom is 0.203 e. The molecule has 7 heteroatoms. The number of azo groups is 1. The van der Waals surface area contributed by atoms with Crippen LogP contribution < -0.4 is 0 Å². The van der Waals surface area contributed by atoms with Crippen LogP contribution in [0, 0.1) is 0 Å². The van der Waals surface area contributed by atoms with Crippen LogP contribution >= 0.6 is 11.6 Å². The number of aromatic nitrogens is 4. The molecule has 3 rings (SSSR count). The first-order chi connectivity index (χ1) is 9.33. The number of aromatic amines is 1. The summed E-state index contributed by atoms with van der Waals surface area (Å²) in [5.41, 5.74) is 2.25. The van der Waals surface area contributed by atoms with Gasteiger partial charge in [-0.15, -0.1) is 5.11 Å². The van der Waals surface area contributed by atoms with Gasteiger partial charge in [0.1, 0.15) is 11.8 Å². The van der Waals surface area contributed by atoms with E-state index in [0.29, 0.717) is 28.5 Å². The van der Waals surface area contributed by atoms with Crippen LogP contribution in [-0.4, -0.2) is 19.9 Å². The second kappa shape index (κ2) is 5.11. The molecule has 0 saturated heterocycles. The second-order valence-corrected chi connectivity index (χ2v) is 4.26. The van der Waals surface area contributed by atoms with Crippen molar-refractivity contribution in [3.63, 3.8) is 0 Å². The van der Waals surface area contributed by atoms with E-state index in [4.69, 9.17) is 11.6 Å². The molecule has 94 valence electrons. The zero-order valence-corrected chi connectivity index (χ0v) is 10.5. The highest BCUT2D eigenvalue weighted by Gasteiger charge is 2.03. The fourth-order valence-corrected chi connectivity index (χ4v) is 1.86. The summed E-state index contributed by atoms with van der Waals surface area (Å²) in [4.78, 5) is 15.0. The van der Waals surface area contributed by atoms with E-state index in [0.717, 1.165) is 5.56 Å². The van der Waals surface area contributed by atoms with Crippen molar-refractivity contribution in [2.75, 3.05) is 0 Å². The number of halogens is 1. The Morgan fingerprint density at radius 1 is 1.21 bits per heavy atom. The zero-order chi connectivity index (χ0) is 13.1. The molecule has 0 unspecified atom stereocenters. The van der Waals surface area contributed by atoms with Gasteiger partial charge < -0.3 is 4.98 Å². The van der Waals surface area contributed by atoms with Gasteiger partial charge in [-0.2, -0.15) is 5.11 Å². The van der Waals surface area contributed by atoms with Crippen LogP contribution in [0.4, 0.5) is 5.82 Å². The summed E-state index contributed by atoms with van der Waals surface area (Å²) in [5, 5.41) is 8.89. The van der Waals surface area contributed by atoms with Gasteiger partial charge in [0.15, 0.2) is 5.65 Å². The quantitative estimate of drug-likeness (QED) is 0.743. The smallest absolute Gasteiger partial charge is 0.203 e. The number of imidazole rings is 1. The topological polar surface area (TPSA) is 79.2 Å². The van der Waals surface area contributed by atoms with E-state index in [2.05, 4.69) is 30.2 Å². The highest BCUT2D eigenvalue weighted by Crippen LogP contribution is 2.18. The molecule has 0 spiro atoms. The molecule has 0 radical (unpaired) electrons. The average Bonchev–Trinajstić information content (AvgIpc) is 2.88. The minimum atomic E-state index is 0.445. The number of hydrogen-bond donors (Lipinski definition) is 1. The fraction of sp³-hybridized carbons (Fsp3) is 0.0833. The summed E-state index contributed by atoms with van der Waals surface area (Å²) >= 11 is 5.90. The molecule has 1 aromatic carbocycles. The molecule has 0 amide bonds. The molecule has 3 aromatic rings. The minimum absolute atomic E-state index is 0.445. The predicted octanol–water partition coefficient (Wildman–Crippen LogP) is 3.29. The van der Waals surface area contributed by atoms with Gasteiger partial charge in [-0.3, -0.25) is 0 Å². The Hall–Kier alpha value is -2.34. The number of nitrogens with one attached hydrogen (secondary N) is 1. The van der Waals surface area contributed by atoms with Crippen molar-refractivity contribution in [2.45, 2.75) is 6.54 Å². The molecule has 0 atom stereocenters. The zero-order valence-electron chi connectivity index (χ0n) is 9.79. The standard InChI is InChI=1S/C12H9ClN6/c13-9-3-1-2-8(4-9)5-18-19-12-10-11(15-6-14-10)16-7-17-12/h1-4,6-7H,5H2,(H,14,15,16,17). The van der Waals surface area contributed by atoms with Gasteiger partial charge in [-0.1, -0.05) is 23.7 Å². The molecule has 1 N–H and O–H groups in total. The molecule has 6 nitrogen and oxygen atoms in total. The lowest BCUT2D eigenvalue weighted by molar-refractivity contribution is 0.946. The number of benzene rings is 1. The minimum Gasteiger partial charge on any atom is -0.340 e. The highest BCUT2D eigenvalue weighted by atomic mass is 35.5. The summed E-state index contributed by atoms with van der Waals surface area (Å²) in [6.07, 6.45) is 2.96. The fourth-order valence-electron chi connectivity index (χ4n) is 1.65. The van der Waals surface area contributed by atoms with Crippen molar-refractivity contribution in [2.24, 2.45) is 10.2 Å². The Morgan fingerprint density at radius 3 is 3.05 bits per heavy atom. The second-order valence-electron chi connectivity index (χ2n) is 3.83. The number of hydrogen-bond acceptors (Lipinski definition) is 5. The first-order valence-corrected chi connectivity index (χ1v) is 5.97. The molecule has 0 saturated carbocycles. The van der Waals surface area contributed by atoms with Gasteiger partial charge in [0.05, 0.1) is 12.9 Å². The van der Waals surface area contributed by atoms with Crippen molar-refractivity contribution in [1.82, 2.24) is 19.9 Å². The molecule has 0 bridgehead atoms. The van der Waals surface area contributed by atoms with Crippen LogP contribution in [0.5, 0.6) is 0 Å². The molecule has 0 aliphatic heterocycles. The molecular weight excluding hydrogens is 264 g/mol. The Morgan fingerprint density at radius 2 is 2.16 bits per heavy atom. The maximum absolute atomic E-state index is 5.90. The van der Waals surface area contributed by atoms with E-state index >= 15 is 0 Å². The van der Waals surface area contributed by atoms with Crippen molar-refractivity contribution in [1.29, 1.82) is 0 Å². The summed E-state index contributed by atoms with van der Waals surface area (Å²) in [6.45, 7) is 0.445. The van der Waals surface area contributed by atoms with Crippen molar-refractivity contribution in [3.8, 4) is 0 Å². The number of nitrogens with zero attached hydrogens (tertiary/aromatic N) is 5. The average molecular weight is 273 g/mol. The molecular formula is C12H9ClN6. The van der Waals surface area contributed by atoms with Crippen molar-refractivity contribution < 1.29 is 0 Å². The Labute approximate surface area is 113 Å². The lowest BCUT2D eigenvalue weighted by Crippen LogP contribution is -1.82. The Kier molecular flexibility index (Phi) is 3.16. The number of fused-ring (bicyclic) bond motifs is 1. The third kappa shape index (κ3) is 2.58. The van der Waals surface area contributed by atoms with E-state index in [1.54, 1.807) is 6.33 Å². The summed E-state index contributed by atoms with van der Waals surface area (Å²) in [6, 6.07) is 7.49. The number of H-pyrrole nitrogens is 1. The monoisotopic (exact) mass is 272 g/mol. The predicted molar refractivity (Wildman–Crippen MR) is 71.4 cm³/mol. The first-order valence-electron chi connectivity index (χ1n) is 5.59. The van der Waals surface area contributed by atoms with Crippen LogP contribution in [0.2, 0.25) is 5.02 Å². The summed E-state index contributed by atoms with van der Waals surface area (Å²) in [5.74, 6) is 0.476. The van der Waals surface area contributed by atoms with Gasteiger partial charge in [0.2, 0.25) is 5.82 Å². The highest BCUT2D eigenvalue weighted by molar-refractivity contribution is 6.30. The van der Waals surface area contributed by atoms with E-state index < -0.39 is 0 Å². The van der Waals surface area contributed by atoms with Crippen LogP contribution in [0.3, 0.4) is 0 Å². The maximum atomic E-state index is 5.90. The largest absolute Gasteiger partial charge is 0.340 e. The molecule has 19 heavy (non-hydrogen) atoms. The van der Waals surface area contributed by atoms with E-state index in [1.165, 1.54) is 6.33 Å². The van der Waals surface area contributed by atoms with E-state index in [9.17, 15) is 0 Å². The lowest BCUT2D eigenvalue weighted by Gasteiger charge is -1.96. The van der Waals surface area contributed by atoms with E-state index in [1.807, 2.05) is 24.3 Å². The summed E-state index contributed by atoms with van der Waals surface area (Å²) in [7, 11) is 0.